The Labute approximate surface area is 193 Å². The second-order valence-corrected chi connectivity index (χ2v) is 7.84. The molecule has 0 aromatic heterocycles. The first-order valence-corrected chi connectivity index (χ1v) is 10.5. The van der Waals surface area contributed by atoms with E-state index in [9.17, 15) is 9.59 Å². The van der Waals surface area contributed by atoms with Crippen molar-refractivity contribution in [3.8, 4) is 11.5 Å². The van der Waals surface area contributed by atoms with E-state index in [-0.39, 0.29) is 5.11 Å². The molecule has 3 N–H and O–H groups in total. The van der Waals surface area contributed by atoms with Gasteiger partial charge >= 0.3 is 0 Å². The minimum Gasteiger partial charge on any atom is -0.496 e. The Morgan fingerprint density at radius 3 is 2.48 bits per heavy atom. The van der Waals surface area contributed by atoms with Gasteiger partial charge in [-0.2, -0.15) is 0 Å². The van der Waals surface area contributed by atoms with Gasteiger partial charge in [-0.25, -0.2) is 0 Å². The van der Waals surface area contributed by atoms with Crippen molar-refractivity contribution in [1.29, 1.82) is 0 Å². The molecule has 3 aromatic carbocycles. The summed E-state index contributed by atoms with van der Waals surface area (Å²) in [5, 5.41) is 4.51. The summed E-state index contributed by atoms with van der Waals surface area (Å²) < 4.78 is 11.6. The number of halogens is 1. The first-order valence-electron chi connectivity index (χ1n) is 9.27. The molecule has 0 bridgehead atoms. The molecule has 9 heteroatoms. The van der Waals surface area contributed by atoms with E-state index in [0.717, 1.165) is 10.8 Å². The monoisotopic (exact) mass is 501 g/mol. The molecule has 0 fully saturated rings. The maximum absolute atomic E-state index is 12.4. The Bertz CT molecular complexity index is 1140. The molecular formula is C22H20BrN3O4S. The highest BCUT2D eigenvalue weighted by Gasteiger charge is 2.17. The summed E-state index contributed by atoms with van der Waals surface area (Å²) in [5.41, 5.74) is 5.22. The highest BCUT2D eigenvalue weighted by molar-refractivity contribution is 9.10. The van der Waals surface area contributed by atoms with Gasteiger partial charge in [0.05, 0.1) is 12.7 Å². The molecule has 0 heterocycles. The molecule has 3 aromatic rings. The second-order valence-electron chi connectivity index (χ2n) is 6.51. The number of benzene rings is 3. The van der Waals surface area contributed by atoms with E-state index < -0.39 is 17.9 Å². The molecule has 1 unspecified atom stereocenters. The van der Waals surface area contributed by atoms with E-state index in [4.69, 9.17) is 21.7 Å². The van der Waals surface area contributed by atoms with E-state index in [0.29, 0.717) is 21.5 Å². The van der Waals surface area contributed by atoms with Gasteiger partial charge in [0.15, 0.2) is 11.2 Å². The van der Waals surface area contributed by atoms with Crippen molar-refractivity contribution in [2.75, 3.05) is 7.11 Å². The summed E-state index contributed by atoms with van der Waals surface area (Å²) in [6.07, 6.45) is -0.794. The van der Waals surface area contributed by atoms with Crippen molar-refractivity contribution in [2.24, 2.45) is 0 Å². The molecule has 7 nitrogen and oxygen atoms in total. The normalized spacial score (nSPS) is 11.3. The molecular weight excluding hydrogens is 482 g/mol. The van der Waals surface area contributed by atoms with Crippen LogP contribution in [0.5, 0.6) is 11.5 Å². The minimum absolute atomic E-state index is 0.0710. The fourth-order valence-electron chi connectivity index (χ4n) is 2.78. The molecule has 0 aliphatic heterocycles. The number of carbonyl (C=O) groups excluding carboxylic acids is 2. The summed E-state index contributed by atoms with van der Waals surface area (Å²) >= 11 is 8.39. The number of amides is 2. The lowest BCUT2D eigenvalue weighted by molar-refractivity contribution is -0.127. The predicted octanol–water partition coefficient (Wildman–Crippen LogP) is 3.71. The summed E-state index contributed by atoms with van der Waals surface area (Å²) in [7, 11) is 1.47. The molecule has 0 aliphatic rings. The first-order chi connectivity index (χ1) is 14.9. The predicted molar refractivity (Wildman–Crippen MR) is 126 cm³/mol. The van der Waals surface area contributed by atoms with Crippen LogP contribution in [-0.4, -0.2) is 30.1 Å². The fourth-order valence-corrected chi connectivity index (χ4v) is 3.28. The zero-order valence-corrected chi connectivity index (χ0v) is 19.2. The molecule has 31 heavy (non-hydrogen) atoms. The third kappa shape index (κ3) is 5.93. The quantitative estimate of drug-likeness (QED) is 0.364. The lowest BCUT2D eigenvalue weighted by Crippen LogP contribution is -2.51. The highest BCUT2D eigenvalue weighted by Crippen LogP contribution is 2.23. The van der Waals surface area contributed by atoms with Crippen molar-refractivity contribution in [2.45, 2.75) is 13.0 Å². The summed E-state index contributed by atoms with van der Waals surface area (Å²) in [6, 6.07) is 18.5. The summed E-state index contributed by atoms with van der Waals surface area (Å²) in [5.74, 6) is 0.0269. The van der Waals surface area contributed by atoms with Gasteiger partial charge in [-0.3, -0.25) is 25.8 Å². The van der Waals surface area contributed by atoms with Crippen molar-refractivity contribution in [3.05, 3.63) is 70.7 Å². The minimum atomic E-state index is -0.794. The molecule has 0 radical (unpaired) electrons. The van der Waals surface area contributed by atoms with Gasteiger partial charge in [0, 0.05) is 4.47 Å². The average molecular weight is 502 g/mol. The van der Waals surface area contributed by atoms with Crippen LogP contribution in [0.1, 0.15) is 17.3 Å². The van der Waals surface area contributed by atoms with Crippen molar-refractivity contribution < 1.29 is 19.1 Å². The number of nitrogens with one attached hydrogen (secondary N) is 3. The van der Waals surface area contributed by atoms with Crippen LogP contribution in [0, 0.1) is 0 Å². The number of carbonyl (C=O) groups is 2. The molecule has 1 atom stereocenters. The Hall–Kier alpha value is -3.17. The second kappa shape index (κ2) is 10.2. The van der Waals surface area contributed by atoms with Crippen LogP contribution < -0.4 is 25.6 Å². The SMILES string of the molecule is COc1ccc(Br)cc1C(=O)NC(=S)NNC(=O)C(C)Oc1ccc2ccccc2c1. The van der Waals surface area contributed by atoms with Crippen LogP contribution in [-0.2, 0) is 4.79 Å². The zero-order chi connectivity index (χ0) is 22.4. The van der Waals surface area contributed by atoms with E-state index >= 15 is 0 Å². The number of hydrogen-bond donors (Lipinski definition) is 3. The molecule has 0 spiro atoms. The van der Waals surface area contributed by atoms with Crippen LogP contribution in [0.25, 0.3) is 10.8 Å². The van der Waals surface area contributed by atoms with E-state index in [2.05, 4.69) is 32.1 Å². The van der Waals surface area contributed by atoms with E-state index in [1.165, 1.54) is 7.11 Å². The van der Waals surface area contributed by atoms with Crippen molar-refractivity contribution in [3.63, 3.8) is 0 Å². The van der Waals surface area contributed by atoms with Crippen molar-refractivity contribution >= 4 is 55.8 Å². The van der Waals surface area contributed by atoms with Crippen LogP contribution >= 0.6 is 28.1 Å². The third-order valence-corrected chi connectivity index (χ3v) is 5.03. The van der Waals surface area contributed by atoms with Gasteiger partial charge in [0.1, 0.15) is 11.5 Å². The van der Waals surface area contributed by atoms with Gasteiger partial charge in [0.25, 0.3) is 11.8 Å². The summed E-state index contributed by atoms with van der Waals surface area (Å²) in [6.45, 7) is 1.61. The number of methoxy groups -OCH3 is 1. The Morgan fingerprint density at radius 2 is 1.74 bits per heavy atom. The van der Waals surface area contributed by atoms with E-state index in [1.54, 1.807) is 31.2 Å². The van der Waals surface area contributed by atoms with Gasteiger partial charge in [0.2, 0.25) is 0 Å². The Morgan fingerprint density at radius 1 is 1.00 bits per heavy atom. The first kappa shape index (κ1) is 22.5. The average Bonchev–Trinajstić information content (AvgIpc) is 2.77. The van der Waals surface area contributed by atoms with Gasteiger partial charge < -0.3 is 9.47 Å². The van der Waals surface area contributed by atoms with Crippen LogP contribution in [0.2, 0.25) is 0 Å². The lowest BCUT2D eigenvalue weighted by Gasteiger charge is -2.17. The molecule has 0 aliphatic carbocycles. The van der Waals surface area contributed by atoms with Crippen LogP contribution in [0.15, 0.2) is 65.1 Å². The van der Waals surface area contributed by atoms with Gasteiger partial charge in [-0.15, -0.1) is 0 Å². The lowest BCUT2D eigenvalue weighted by atomic mass is 10.1. The van der Waals surface area contributed by atoms with Crippen LogP contribution in [0.4, 0.5) is 0 Å². The topological polar surface area (TPSA) is 88.7 Å². The number of hydrogen-bond acceptors (Lipinski definition) is 5. The molecule has 2 amide bonds. The number of hydrazine groups is 1. The summed E-state index contributed by atoms with van der Waals surface area (Å²) in [4.78, 5) is 24.8. The Kier molecular flexibility index (Phi) is 7.43. The number of thiocarbonyl (C=S) groups is 1. The van der Waals surface area contributed by atoms with Gasteiger partial charge in [-0.05, 0) is 60.2 Å². The largest absolute Gasteiger partial charge is 0.496 e. The van der Waals surface area contributed by atoms with E-state index in [1.807, 2.05) is 36.4 Å². The molecule has 0 saturated heterocycles. The fraction of sp³-hybridized carbons (Fsp3) is 0.136. The van der Waals surface area contributed by atoms with Crippen molar-refractivity contribution in [1.82, 2.24) is 16.2 Å². The number of ether oxygens (including phenoxy) is 2. The zero-order valence-electron chi connectivity index (χ0n) is 16.8. The maximum Gasteiger partial charge on any atom is 0.279 e. The number of rotatable bonds is 5. The third-order valence-electron chi connectivity index (χ3n) is 4.34. The molecule has 160 valence electrons. The standard InChI is InChI=1S/C22H20BrN3O4S/c1-13(30-17-9-7-14-5-3-4-6-15(14)11-17)20(27)25-26-22(31)24-21(28)18-12-16(23)8-10-19(18)29-2/h3-13H,1-2H3,(H,25,27)(H2,24,26,28,31). The highest BCUT2D eigenvalue weighted by atomic mass is 79.9. The van der Waals surface area contributed by atoms with Crippen LogP contribution in [0.3, 0.4) is 0 Å². The number of fused-ring (bicyclic) bond motifs is 1. The Balaban J connectivity index is 1.52. The smallest absolute Gasteiger partial charge is 0.279 e. The molecule has 3 rings (SSSR count). The van der Waals surface area contributed by atoms with Gasteiger partial charge in [-0.1, -0.05) is 46.3 Å². The maximum atomic E-state index is 12.4. The molecule has 0 saturated carbocycles.